The van der Waals surface area contributed by atoms with Crippen LogP contribution in [0.1, 0.15) is 33.3 Å². The lowest BCUT2D eigenvalue weighted by atomic mass is 9.76. The average Bonchev–Trinajstić information content (AvgIpc) is 2.94. The number of aryl methyl sites for hydroxylation is 1. The van der Waals surface area contributed by atoms with Crippen molar-refractivity contribution in [1.82, 2.24) is 4.57 Å². The van der Waals surface area contributed by atoms with Crippen molar-refractivity contribution >= 4 is 31.8 Å². The van der Waals surface area contributed by atoms with Gasteiger partial charge >= 0.3 is 12.9 Å². The molecule has 0 atom stereocenters. The van der Waals surface area contributed by atoms with E-state index in [9.17, 15) is 4.79 Å². The minimum atomic E-state index is -1.17. The number of rotatable bonds is 6. The number of oxazole rings is 1. The number of fused-ring (bicyclic) bond motifs is 1. The van der Waals surface area contributed by atoms with Crippen LogP contribution < -0.4 is 11.2 Å². The van der Waals surface area contributed by atoms with Crippen molar-refractivity contribution in [3.05, 3.63) is 28.2 Å². The van der Waals surface area contributed by atoms with E-state index in [0.717, 1.165) is 22.6 Å². The third kappa shape index (κ3) is 4.15. The standard InChI is InChI=1S/C20H32BNO5Si/c1-14-11-16-17(12-15(14)21-26-19(2,3)20(4,5)27-21)25-18(23)22(16)13-24-9-10-28(6,7)8/h11-12H,9-10,13H2,1-8H3. The third-order valence-electron chi connectivity index (χ3n) is 5.78. The van der Waals surface area contributed by atoms with E-state index in [4.69, 9.17) is 18.5 Å². The van der Waals surface area contributed by atoms with E-state index in [1.54, 1.807) is 4.57 Å². The number of ether oxygens (including phenoxy) is 1. The Kier molecular flexibility index (Phi) is 5.46. The minimum absolute atomic E-state index is 0.200. The van der Waals surface area contributed by atoms with Gasteiger partial charge in [0.2, 0.25) is 0 Å². The molecule has 2 aromatic rings. The third-order valence-corrected chi connectivity index (χ3v) is 7.48. The van der Waals surface area contributed by atoms with Crippen molar-refractivity contribution in [3.63, 3.8) is 0 Å². The molecule has 0 unspecified atom stereocenters. The summed E-state index contributed by atoms with van der Waals surface area (Å²) in [5.74, 6) is -0.409. The molecule has 1 aliphatic rings. The molecule has 1 aromatic carbocycles. The maximum Gasteiger partial charge on any atom is 0.495 e. The van der Waals surface area contributed by atoms with E-state index in [1.165, 1.54) is 0 Å². The first-order valence-corrected chi connectivity index (χ1v) is 13.6. The van der Waals surface area contributed by atoms with Gasteiger partial charge in [-0.05, 0) is 63.8 Å². The molecule has 28 heavy (non-hydrogen) atoms. The Morgan fingerprint density at radius 1 is 1.11 bits per heavy atom. The van der Waals surface area contributed by atoms with Gasteiger partial charge in [0.15, 0.2) is 5.58 Å². The molecule has 3 rings (SSSR count). The van der Waals surface area contributed by atoms with Gasteiger partial charge in [-0.15, -0.1) is 0 Å². The highest BCUT2D eigenvalue weighted by Crippen LogP contribution is 2.36. The predicted octanol–water partition coefficient (Wildman–Crippen LogP) is 3.51. The van der Waals surface area contributed by atoms with Crippen molar-refractivity contribution in [2.24, 2.45) is 0 Å². The number of nitrogens with zero attached hydrogens (tertiary/aromatic N) is 1. The molecule has 1 fully saturated rings. The average molecular weight is 405 g/mol. The van der Waals surface area contributed by atoms with Gasteiger partial charge in [-0.3, -0.25) is 0 Å². The molecule has 154 valence electrons. The van der Waals surface area contributed by atoms with Crippen LogP contribution in [0.4, 0.5) is 0 Å². The Labute approximate surface area is 168 Å². The zero-order valence-corrected chi connectivity index (χ0v) is 19.3. The summed E-state index contributed by atoms with van der Waals surface area (Å²) in [5, 5.41) is 0. The van der Waals surface area contributed by atoms with Crippen LogP contribution in [0.2, 0.25) is 25.7 Å². The molecule has 0 N–H and O–H groups in total. The van der Waals surface area contributed by atoms with Gasteiger partial charge in [0.25, 0.3) is 0 Å². The zero-order valence-electron chi connectivity index (χ0n) is 18.3. The van der Waals surface area contributed by atoms with Crippen LogP contribution >= 0.6 is 0 Å². The molecule has 0 spiro atoms. The highest BCUT2D eigenvalue weighted by Gasteiger charge is 2.52. The molecule has 0 radical (unpaired) electrons. The number of hydrogen-bond acceptors (Lipinski definition) is 5. The van der Waals surface area contributed by atoms with Gasteiger partial charge in [-0.2, -0.15) is 0 Å². The molecule has 1 saturated heterocycles. The minimum Gasteiger partial charge on any atom is -0.408 e. The van der Waals surface area contributed by atoms with Gasteiger partial charge in [0.1, 0.15) is 6.73 Å². The van der Waals surface area contributed by atoms with Gasteiger partial charge in [-0.25, -0.2) is 9.36 Å². The summed E-state index contributed by atoms with van der Waals surface area (Å²) >= 11 is 0. The van der Waals surface area contributed by atoms with Crippen molar-refractivity contribution in [2.75, 3.05) is 6.61 Å². The summed E-state index contributed by atoms with van der Waals surface area (Å²) in [4.78, 5) is 12.3. The number of aromatic nitrogens is 1. The van der Waals surface area contributed by atoms with Crippen LogP contribution in [0.15, 0.2) is 21.3 Å². The fourth-order valence-corrected chi connectivity index (χ4v) is 3.87. The van der Waals surface area contributed by atoms with Crippen LogP contribution in [-0.2, 0) is 20.8 Å². The zero-order chi connectivity index (χ0) is 20.9. The molecule has 0 amide bonds. The second-order valence-electron chi connectivity index (χ2n) is 9.91. The summed E-state index contributed by atoms with van der Waals surface area (Å²) < 4.78 is 25.1. The summed E-state index contributed by atoms with van der Waals surface area (Å²) in [6.07, 6.45) is 0. The number of benzene rings is 1. The summed E-state index contributed by atoms with van der Waals surface area (Å²) in [6.45, 7) is 17.8. The Morgan fingerprint density at radius 3 is 2.29 bits per heavy atom. The van der Waals surface area contributed by atoms with E-state index in [1.807, 2.05) is 46.8 Å². The normalized spacial score (nSPS) is 18.9. The largest absolute Gasteiger partial charge is 0.495 e. The Hall–Kier alpha value is -1.35. The van der Waals surface area contributed by atoms with Crippen molar-refractivity contribution in [2.45, 2.75) is 78.2 Å². The molecule has 2 heterocycles. The highest BCUT2D eigenvalue weighted by atomic mass is 28.3. The van der Waals surface area contributed by atoms with E-state index in [2.05, 4.69) is 19.6 Å². The molecule has 1 aromatic heterocycles. The molecule has 6 nitrogen and oxygen atoms in total. The SMILES string of the molecule is Cc1cc2c(cc1B1OC(C)(C)C(C)(C)O1)oc(=O)n2COCC[Si](C)(C)C. The van der Waals surface area contributed by atoms with Gasteiger partial charge in [-0.1, -0.05) is 19.6 Å². The molecule has 0 aliphatic carbocycles. The lowest BCUT2D eigenvalue weighted by molar-refractivity contribution is 0.00578. The maximum absolute atomic E-state index is 12.3. The quantitative estimate of drug-likeness (QED) is 0.544. The summed E-state index contributed by atoms with van der Waals surface area (Å²) in [7, 11) is -1.66. The number of hydrogen-bond donors (Lipinski definition) is 0. The van der Waals surface area contributed by atoms with Gasteiger partial charge in [0, 0.05) is 14.7 Å². The van der Waals surface area contributed by atoms with Gasteiger partial charge < -0.3 is 18.5 Å². The molecular formula is C20H32BNO5Si. The fourth-order valence-electron chi connectivity index (χ4n) is 3.11. The fraction of sp³-hybridized carbons (Fsp3) is 0.650. The molecule has 0 bridgehead atoms. The molecular weight excluding hydrogens is 373 g/mol. The first-order chi connectivity index (χ1) is 12.8. The first-order valence-electron chi connectivity index (χ1n) is 9.88. The molecule has 8 heteroatoms. The summed E-state index contributed by atoms with van der Waals surface area (Å²) in [5.41, 5.74) is 2.28. The molecule has 1 aliphatic heterocycles. The van der Waals surface area contributed by atoms with E-state index in [0.29, 0.717) is 12.2 Å². The van der Waals surface area contributed by atoms with Crippen LogP contribution in [0.3, 0.4) is 0 Å². The lowest BCUT2D eigenvalue weighted by Gasteiger charge is -2.32. The van der Waals surface area contributed by atoms with Crippen LogP contribution in [0.25, 0.3) is 11.1 Å². The second kappa shape index (κ2) is 7.16. The van der Waals surface area contributed by atoms with Crippen LogP contribution in [0.5, 0.6) is 0 Å². The Balaban J connectivity index is 1.85. The molecule has 0 saturated carbocycles. The summed E-state index contributed by atoms with van der Waals surface area (Å²) in [6, 6.07) is 4.86. The van der Waals surface area contributed by atoms with Gasteiger partial charge in [0.05, 0.1) is 16.7 Å². The van der Waals surface area contributed by atoms with E-state index >= 15 is 0 Å². The van der Waals surface area contributed by atoms with Crippen molar-refractivity contribution in [3.8, 4) is 0 Å². The maximum atomic E-state index is 12.3. The van der Waals surface area contributed by atoms with E-state index in [-0.39, 0.29) is 6.73 Å². The monoisotopic (exact) mass is 405 g/mol. The van der Waals surface area contributed by atoms with E-state index < -0.39 is 32.2 Å². The highest BCUT2D eigenvalue weighted by molar-refractivity contribution is 6.76. The Morgan fingerprint density at radius 2 is 1.71 bits per heavy atom. The topological polar surface area (TPSA) is 62.8 Å². The first kappa shape index (κ1) is 21.4. The van der Waals surface area contributed by atoms with Crippen molar-refractivity contribution in [1.29, 1.82) is 0 Å². The van der Waals surface area contributed by atoms with Crippen LogP contribution in [-0.4, -0.2) is 37.6 Å². The smallest absolute Gasteiger partial charge is 0.408 e. The predicted molar refractivity (Wildman–Crippen MR) is 115 cm³/mol. The van der Waals surface area contributed by atoms with Crippen LogP contribution in [0, 0.1) is 6.92 Å². The lowest BCUT2D eigenvalue weighted by Crippen LogP contribution is -2.41. The van der Waals surface area contributed by atoms with Crippen molar-refractivity contribution < 1.29 is 18.5 Å². The second-order valence-corrected chi connectivity index (χ2v) is 15.5. The Bertz CT molecular complexity index is 909.